The van der Waals surface area contributed by atoms with Gasteiger partial charge in [-0.05, 0) is 49.4 Å². The quantitative estimate of drug-likeness (QED) is 0.867. The van der Waals surface area contributed by atoms with Crippen LogP contribution in [0.15, 0.2) is 48.5 Å². The number of hydrogen-bond acceptors (Lipinski definition) is 3. The Morgan fingerprint density at radius 1 is 1.25 bits per heavy atom. The summed E-state index contributed by atoms with van der Waals surface area (Å²) in [4.78, 5) is 14.2. The molecule has 0 aliphatic carbocycles. The predicted molar refractivity (Wildman–Crippen MR) is 79.4 cm³/mol. The molecule has 0 aliphatic heterocycles. The Balaban J connectivity index is 2.34. The first-order valence-electron chi connectivity index (χ1n) is 6.33. The highest BCUT2D eigenvalue weighted by Crippen LogP contribution is 2.19. The monoisotopic (exact) mass is 265 g/mol. The van der Waals surface area contributed by atoms with E-state index in [1.807, 2.05) is 25.1 Å². The van der Waals surface area contributed by atoms with Crippen molar-refractivity contribution < 1.29 is 4.79 Å². The third-order valence-corrected chi connectivity index (χ3v) is 3.00. The van der Waals surface area contributed by atoms with Crippen molar-refractivity contribution in [1.82, 2.24) is 0 Å². The van der Waals surface area contributed by atoms with E-state index in [-0.39, 0.29) is 5.91 Å². The lowest BCUT2D eigenvalue weighted by molar-refractivity contribution is 0.0988. The van der Waals surface area contributed by atoms with E-state index < -0.39 is 0 Å². The second-order valence-electron chi connectivity index (χ2n) is 4.33. The third kappa shape index (κ3) is 2.78. The van der Waals surface area contributed by atoms with E-state index >= 15 is 0 Å². The van der Waals surface area contributed by atoms with Gasteiger partial charge in [0.2, 0.25) is 0 Å². The molecule has 0 saturated carbocycles. The Labute approximate surface area is 118 Å². The molecule has 0 unspecified atom stereocenters. The molecule has 0 atom stereocenters. The molecule has 0 fully saturated rings. The van der Waals surface area contributed by atoms with Gasteiger partial charge in [-0.25, -0.2) is 0 Å². The first kappa shape index (κ1) is 13.6. The predicted octanol–water partition coefficient (Wildman–Crippen LogP) is 2.81. The first-order chi connectivity index (χ1) is 9.65. The van der Waals surface area contributed by atoms with Crippen LogP contribution in [-0.2, 0) is 0 Å². The maximum Gasteiger partial charge on any atom is 0.258 e. The molecule has 2 aromatic carbocycles. The van der Waals surface area contributed by atoms with Gasteiger partial charge in [-0.15, -0.1) is 0 Å². The number of nitrogen functional groups attached to an aromatic ring is 1. The van der Waals surface area contributed by atoms with Crippen LogP contribution in [-0.4, -0.2) is 12.5 Å². The summed E-state index contributed by atoms with van der Waals surface area (Å²) in [6.45, 7) is 2.45. The van der Waals surface area contributed by atoms with Gasteiger partial charge >= 0.3 is 0 Å². The van der Waals surface area contributed by atoms with E-state index in [0.717, 1.165) is 5.69 Å². The molecular formula is C16H15N3O. The van der Waals surface area contributed by atoms with Crippen molar-refractivity contribution in [3.63, 3.8) is 0 Å². The Hall–Kier alpha value is -2.80. The van der Waals surface area contributed by atoms with Gasteiger partial charge in [-0.3, -0.25) is 4.79 Å². The molecule has 0 aromatic heterocycles. The molecule has 4 heteroatoms. The number of hydrogen-bond donors (Lipinski definition) is 1. The fraction of sp³-hybridized carbons (Fsp3) is 0.125. The lowest BCUT2D eigenvalue weighted by Crippen LogP contribution is -2.30. The number of nitrogens with zero attached hydrogens (tertiary/aromatic N) is 2. The lowest BCUT2D eigenvalue weighted by atomic mass is 10.1. The molecule has 20 heavy (non-hydrogen) atoms. The van der Waals surface area contributed by atoms with E-state index in [2.05, 4.69) is 0 Å². The number of carbonyl (C=O) groups excluding carboxylic acids is 1. The molecule has 2 aromatic rings. The Bertz CT molecular complexity index is 656. The molecule has 0 heterocycles. The Kier molecular flexibility index (Phi) is 4.02. The minimum absolute atomic E-state index is 0.130. The highest BCUT2D eigenvalue weighted by Gasteiger charge is 2.16. The van der Waals surface area contributed by atoms with Crippen molar-refractivity contribution in [2.24, 2.45) is 0 Å². The van der Waals surface area contributed by atoms with Crippen molar-refractivity contribution in [2.45, 2.75) is 6.92 Å². The number of benzene rings is 2. The summed E-state index contributed by atoms with van der Waals surface area (Å²) in [6, 6.07) is 15.9. The van der Waals surface area contributed by atoms with E-state index in [1.165, 1.54) is 0 Å². The third-order valence-electron chi connectivity index (χ3n) is 3.00. The number of carbonyl (C=O) groups is 1. The van der Waals surface area contributed by atoms with Gasteiger partial charge in [-0.1, -0.05) is 6.07 Å². The van der Waals surface area contributed by atoms with Crippen LogP contribution < -0.4 is 10.6 Å². The van der Waals surface area contributed by atoms with Gasteiger partial charge in [0.05, 0.1) is 11.6 Å². The van der Waals surface area contributed by atoms with Gasteiger partial charge in [0.25, 0.3) is 5.91 Å². The highest BCUT2D eigenvalue weighted by atomic mass is 16.2. The van der Waals surface area contributed by atoms with Crippen LogP contribution in [0.3, 0.4) is 0 Å². The maximum atomic E-state index is 12.5. The zero-order chi connectivity index (χ0) is 14.5. The van der Waals surface area contributed by atoms with Crippen molar-refractivity contribution in [1.29, 1.82) is 5.26 Å². The van der Waals surface area contributed by atoms with Crippen molar-refractivity contribution in [3.8, 4) is 6.07 Å². The zero-order valence-corrected chi connectivity index (χ0v) is 11.2. The van der Waals surface area contributed by atoms with E-state index in [4.69, 9.17) is 11.0 Å². The molecule has 0 bridgehead atoms. The first-order valence-corrected chi connectivity index (χ1v) is 6.33. The van der Waals surface area contributed by atoms with Crippen LogP contribution in [0.5, 0.6) is 0 Å². The number of amides is 1. The highest BCUT2D eigenvalue weighted by molar-refractivity contribution is 6.06. The van der Waals surface area contributed by atoms with Crippen molar-refractivity contribution in [3.05, 3.63) is 59.7 Å². The number of rotatable bonds is 3. The molecule has 0 radical (unpaired) electrons. The van der Waals surface area contributed by atoms with Gasteiger partial charge in [0.1, 0.15) is 0 Å². The fourth-order valence-electron chi connectivity index (χ4n) is 1.98. The van der Waals surface area contributed by atoms with E-state index in [9.17, 15) is 4.79 Å². The topological polar surface area (TPSA) is 70.1 Å². The molecule has 0 spiro atoms. The molecule has 2 rings (SSSR count). The lowest BCUT2D eigenvalue weighted by Gasteiger charge is -2.21. The standard InChI is InChI=1S/C16H15N3O/c1-2-19(15-8-6-14(18)7-9-15)16(20)13-5-3-4-12(10-13)11-17/h3-10H,2,18H2,1H3. The second kappa shape index (κ2) is 5.89. The SMILES string of the molecule is CCN(C(=O)c1cccc(C#N)c1)c1ccc(N)cc1. The van der Waals surface area contributed by atoms with Gasteiger partial charge in [-0.2, -0.15) is 5.26 Å². The zero-order valence-electron chi connectivity index (χ0n) is 11.2. The molecular weight excluding hydrogens is 250 g/mol. The summed E-state index contributed by atoms with van der Waals surface area (Å²) in [5.74, 6) is -0.130. The minimum atomic E-state index is -0.130. The van der Waals surface area contributed by atoms with Crippen LogP contribution >= 0.6 is 0 Å². The largest absolute Gasteiger partial charge is 0.399 e. The fourth-order valence-corrected chi connectivity index (χ4v) is 1.98. The molecule has 0 saturated heterocycles. The smallest absolute Gasteiger partial charge is 0.258 e. The molecule has 1 amide bonds. The molecule has 100 valence electrons. The normalized spacial score (nSPS) is 9.80. The summed E-state index contributed by atoms with van der Waals surface area (Å²) in [6.07, 6.45) is 0. The summed E-state index contributed by atoms with van der Waals surface area (Å²) in [5, 5.41) is 8.90. The van der Waals surface area contributed by atoms with Crippen molar-refractivity contribution in [2.75, 3.05) is 17.2 Å². The number of nitrogens with two attached hydrogens (primary N) is 1. The Morgan fingerprint density at radius 2 is 1.95 bits per heavy atom. The van der Waals surface area contributed by atoms with Crippen LogP contribution in [0.2, 0.25) is 0 Å². The van der Waals surface area contributed by atoms with Crippen LogP contribution in [0.4, 0.5) is 11.4 Å². The summed E-state index contributed by atoms with van der Waals surface area (Å²) >= 11 is 0. The summed E-state index contributed by atoms with van der Waals surface area (Å²) in [7, 11) is 0. The molecule has 0 aliphatic rings. The summed E-state index contributed by atoms with van der Waals surface area (Å²) in [5.41, 5.74) is 8.07. The summed E-state index contributed by atoms with van der Waals surface area (Å²) < 4.78 is 0. The molecule has 2 N–H and O–H groups in total. The van der Waals surface area contributed by atoms with Gasteiger partial charge in [0, 0.05) is 23.5 Å². The van der Waals surface area contributed by atoms with Gasteiger partial charge in [0.15, 0.2) is 0 Å². The van der Waals surface area contributed by atoms with E-state index in [0.29, 0.717) is 23.4 Å². The number of nitriles is 1. The Morgan fingerprint density at radius 3 is 2.55 bits per heavy atom. The van der Waals surface area contributed by atoms with Crippen molar-refractivity contribution >= 4 is 17.3 Å². The molecule has 4 nitrogen and oxygen atoms in total. The van der Waals surface area contributed by atoms with Crippen LogP contribution in [0.25, 0.3) is 0 Å². The average molecular weight is 265 g/mol. The van der Waals surface area contributed by atoms with E-state index in [1.54, 1.807) is 41.3 Å². The van der Waals surface area contributed by atoms with Gasteiger partial charge < -0.3 is 10.6 Å². The average Bonchev–Trinajstić information content (AvgIpc) is 2.50. The van der Waals surface area contributed by atoms with Crippen LogP contribution in [0.1, 0.15) is 22.8 Å². The maximum absolute atomic E-state index is 12.5. The number of anilines is 2. The minimum Gasteiger partial charge on any atom is -0.399 e. The second-order valence-corrected chi connectivity index (χ2v) is 4.33. The van der Waals surface area contributed by atoms with Crippen LogP contribution in [0, 0.1) is 11.3 Å².